The zero-order valence-corrected chi connectivity index (χ0v) is 20.3. The molecule has 0 aromatic heterocycles. The van der Waals surface area contributed by atoms with Gasteiger partial charge in [-0.05, 0) is 24.3 Å². The Morgan fingerprint density at radius 3 is 0.794 bits per heavy atom. The van der Waals surface area contributed by atoms with Crippen molar-refractivity contribution in [1.82, 2.24) is 0 Å². The summed E-state index contributed by atoms with van der Waals surface area (Å²) in [6.45, 7) is 0. The fourth-order valence-electron chi connectivity index (χ4n) is 4.36. The van der Waals surface area contributed by atoms with Gasteiger partial charge < -0.3 is 32.8 Å². The first kappa shape index (κ1) is 25.4. The summed E-state index contributed by atoms with van der Waals surface area (Å²) in [4.78, 5) is 0. The monoisotopic (exact) mass is 494 g/mol. The highest BCUT2D eigenvalue weighted by atomic mass is 35.5. The maximum absolute atomic E-state index is 10.6. The lowest BCUT2D eigenvalue weighted by atomic mass is 10.2. The molecule has 0 fully saturated rings. The number of para-hydroxylation sites is 4. The van der Waals surface area contributed by atoms with E-state index in [-0.39, 0.29) is 35.4 Å². The van der Waals surface area contributed by atoms with Crippen molar-refractivity contribution in [2.24, 2.45) is 0 Å². The van der Waals surface area contributed by atoms with Crippen molar-refractivity contribution in [2.45, 2.75) is 24.6 Å². The minimum absolute atomic E-state index is 0. The van der Waals surface area contributed by atoms with Gasteiger partial charge >= 0.3 is 0 Å². The lowest BCUT2D eigenvalue weighted by molar-refractivity contribution is -0.0000106. The molecule has 0 radical (unpaired) electrons. The van der Waals surface area contributed by atoms with Gasteiger partial charge in [0.1, 0.15) is 23.0 Å². The number of hydrogen-bond donors (Lipinski definition) is 4. The first-order valence-electron chi connectivity index (χ1n) is 10.9. The van der Waals surface area contributed by atoms with Crippen LogP contribution in [0.25, 0.3) is 0 Å². The fraction of sp³-hybridized carbons (Fsp3) is 0.143. The van der Waals surface area contributed by atoms with Crippen molar-refractivity contribution in [3.05, 3.63) is 119 Å². The molecule has 0 unspecified atom stereocenters. The molecule has 0 aliphatic carbocycles. The third-order valence-electron chi connectivity index (χ3n) is 5.99. The fourth-order valence-corrected chi connectivity index (χ4v) is 8.99. The van der Waals surface area contributed by atoms with Crippen LogP contribution in [-0.2, 0) is 24.6 Å². The molecule has 0 saturated heterocycles. The van der Waals surface area contributed by atoms with Gasteiger partial charge in [0.15, 0.2) is 0 Å². The molecule has 0 atom stereocenters. The molecule has 4 rings (SSSR count). The molecule has 176 valence electrons. The van der Waals surface area contributed by atoms with Crippen LogP contribution in [0.2, 0.25) is 0 Å². The zero-order chi connectivity index (χ0) is 23.3. The Labute approximate surface area is 206 Å². The Morgan fingerprint density at radius 2 is 0.588 bits per heavy atom. The van der Waals surface area contributed by atoms with Gasteiger partial charge in [0, 0.05) is 29.5 Å². The number of hydrogen-bond acceptors (Lipinski definition) is 4. The van der Waals surface area contributed by atoms with Crippen molar-refractivity contribution in [1.29, 1.82) is 0 Å². The van der Waals surface area contributed by atoms with Gasteiger partial charge in [0.25, 0.3) is 0 Å². The van der Waals surface area contributed by atoms with E-state index in [1.807, 2.05) is 48.5 Å². The summed E-state index contributed by atoms with van der Waals surface area (Å²) in [5, 5.41) is 42.4. The quantitative estimate of drug-likeness (QED) is 0.282. The lowest BCUT2D eigenvalue weighted by Gasteiger charge is -2.29. The highest BCUT2D eigenvalue weighted by Crippen LogP contribution is 2.70. The molecule has 0 amide bonds. The molecule has 0 saturated carbocycles. The standard InChI is InChI=1S/C28H27O4P.ClH/c29-25-13-5-1-9-21(25)17-33(18-22-10-2-6-14-26(22)30,19-23-11-3-7-15-27(23)31)20-24-12-4-8-16-28(24)32;/h1-16H,17-20H2,(H3-,29,30,31,32);1H. The number of phenolic OH excluding ortho intramolecular Hbond substituents is 4. The Balaban J connectivity index is 0.00000324. The topological polar surface area (TPSA) is 80.9 Å². The maximum atomic E-state index is 10.6. The first-order chi connectivity index (χ1) is 16.0. The molecule has 4 N–H and O–H groups in total. The summed E-state index contributed by atoms with van der Waals surface area (Å²) < 4.78 is 0. The van der Waals surface area contributed by atoms with Gasteiger partial charge in [0.2, 0.25) is 0 Å². The number of halogens is 1. The Kier molecular flexibility index (Phi) is 8.44. The molecule has 0 aliphatic heterocycles. The van der Waals surface area contributed by atoms with Crippen molar-refractivity contribution in [3.8, 4) is 23.0 Å². The van der Waals surface area contributed by atoms with Crippen LogP contribution in [0, 0.1) is 0 Å². The molecule has 0 spiro atoms. The van der Waals surface area contributed by atoms with Crippen LogP contribution in [0.15, 0.2) is 97.1 Å². The summed E-state index contributed by atoms with van der Waals surface area (Å²) in [5.74, 6) is 0.921. The SMILES string of the molecule is Oc1ccccc1C[P+](Cc1ccccc1O)(Cc1ccccc1O)Cc1ccccc1O.[Cl-]. The van der Waals surface area contributed by atoms with Gasteiger partial charge in [-0.1, -0.05) is 72.8 Å². The Bertz CT molecular complexity index is 1050. The second-order valence-electron chi connectivity index (χ2n) is 8.49. The molecular weight excluding hydrogens is 467 g/mol. The van der Waals surface area contributed by atoms with Crippen molar-refractivity contribution >= 4 is 7.26 Å². The van der Waals surface area contributed by atoms with E-state index in [1.165, 1.54) is 0 Å². The molecule has 0 aliphatic rings. The molecule has 4 aromatic rings. The number of aromatic hydroxyl groups is 4. The van der Waals surface area contributed by atoms with Crippen LogP contribution in [0.4, 0.5) is 0 Å². The highest BCUT2D eigenvalue weighted by molar-refractivity contribution is 7.73. The summed E-state index contributed by atoms with van der Waals surface area (Å²) >= 11 is 0. The van der Waals surface area contributed by atoms with Crippen molar-refractivity contribution in [3.63, 3.8) is 0 Å². The van der Waals surface area contributed by atoms with Crippen LogP contribution < -0.4 is 12.4 Å². The smallest absolute Gasteiger partial charge is 0.122 e. The van der Waals surface area contributed by atoms with E-state index < -0.39 is 7.26 Å². The van der Waals surface area contributed by atoms with Gasteiger partial charge in [0.05, 0.1) is 24.6 Å². The Morgan fingerprint density at radius 1 is 0.382 bits per heavy atom. The molecule has 0 bridgehead atoms. The van der Waals surface area contributed by atoms with Gasteiger partial charge in [-0.2, -0.15) is 0 Å². The minimum atomic E-state index is -2.13. The van der Waals surface area contributed by atoms with E-state index >= 15 is 0 Å². The average molecular weight is 495 g/mol. The second kappa shape index (κ2) is 11.3. The highest BCUT2D eigenvalue weighted by Gasteiger charge is 2.41. The van der Waals surface area contributed by atoms with E-state index in [9.17, 15) is 20.4 Å². The largest absolute Gasteiger partial charge is 1.00 e. The van der Waals surface area contributed by atoms with Crippen LogP contribution in [-0.4, -0.2) is 20.4 Å². The first-order valence-corrected chi connectivity index (χ1v) is 13.4. The van der Waals surface area contributed by atoms with E-state index in [4.69, 9.17) is 0 Å². The summed E-state index contributed by atoms with van der Waals surface area (Å²) in [7, 11) is -2.13. The molecule has 4 aromatic carbocycles. The molecule has 6 heteroatoms. The van der Waals surface area contributed by atoms with Crippen molar-refractivity contribution < 1.29 is 32.8 Å². The molecule has 34 heavy (non-hydrogen) atoms. The van der Waals surface area contributed by atoms with Crippen LogP contribution >= 0.6 is 7.26 Å². The minimum Gasteiger partial charge on any atom is -1.00 e. The third kappa shape index (κ3) is 6.02. The second-order valence-corrected chi connectivity index (χ2v) is 12.4. The van der Waals surface area contributed by atoms with Crippen LogP contribution in [0.5, 0.6) is 23.0 Å². The summed E-state index contributed by atoms with van der Waals surface area (Å²) in [5.41, 5.74) is 3.30. The maximum Gasteiger partial charge on any atom is 0.122 e. The molecular formula is C28H28ClO4P. The van der Waals surface area contributed by atoms with Gasteiger partial charge in [-0.3, -0.25) is 0 Å². The summed E-state index contributed by atoms with van der Waals surface area (Å²) in [6.07, 6.45) is 2.38. The molecule has 0 heterocycles. The Hall–Kier alpha value is -3.20. The number of phenols is 4. The lowest BCUT2D eigenvalue weighted by Crippen LogP contribution is -3.00. The molecule has 4 nitrogen and oxygen atoms in total. The summed E-state index contributed by atoms with van der Waals surface area (Å²) in [6, 6.07) is 29.2. The number of benzene rings is 4. The average Bonchev–Trinajstić information content (AvgIpc) is 2.80. The van der Waals surface area contributed by atoms with Gasteiger partial charge in [-0.25, -0.2) is 0 Å². The van der Waals surface area contributed by atoms with E-state index in [1.54, 1.807) is 48.5 Å². The third-order valence-corrected chi connectivity index (χ3v) is 10.0. The van der Waals surface area contributed by atoms with E-state index in [2.05, 4.69) is 0 Å². The zero-order valence-electron chi connectivity index (χ0n) is 18.7. The predicted molar refractivity (Wildman–Crippen MR) is 134 cm³/mol. The van der Waals surface area contributed by atoms with E-state index in [0.717, 1.165) is 22.3 Å². The van der Waals surface area contributed by atoms with Crippen LogP contribution in [0.1, 0.15) is 22.3 Å². The normalized spacial score (nSPS) is 11.1. The number of rotatable bonds is 8. The predicted octanol–water partition coefficient (Wildman–Crippen LogP) is 3.63. The van der Waals surface area contributed by atoms with Gasteiger partial charge in [-0.15, -0.1) is 0 Å². The van der Waals surface area contributed by atoms with Crippen molar-refractivity contribution in [2.75, 3.05) is 0 Å². The van der Waals surface area contributed by atoms with E-state index in [0.29, 0.717) is 24.6 Å². The van der Waals surface area contributed by atoms with Crippen LogP contribution in [0.3, 0.4) is 0 Å².